The minimum Gasteiger partial charge on any atom is -0.368 e. The van der Waals surface area contributed by atoms with E-state index >= 15 is 0 Å². The molecule has 2 aliphatic heterocycles. The second-order valence-corrected chi connectivity index (χ2v) is 5.18. The minimum absolute atomic E-state index is 0.0303. The van der Waals surface area contributed by atoms with Crippen molar-refractivity contribution in [2.75, 3.05) is 20.1 Å². The van der Waals surface area contributed by atoms with E-state index in [1.54, 1.807) is 12.1 Å². The van der Waals surface area contributed by atoms with E-state index in [4.69, 9.17) is 7.10 Å². The zero-order valence-corrected chi connectivity index (χ0v) is 12.6. The van der Waals surface area contributed by atoms with Crippen LogP contribution < -0.4 is 11.1 Å². The standard InChI is InChI=1S/C10H18N4O2.C4H10/c1-12-7-4-6-13-5-2-3-8(9(11)15)14(13)10(7)16;1-3-4-2/h7-8,12H,2-6H2,1H3,(H2,11,15);3-4H2,1-2H3/i;1T. The Morgan fingerprint density at radius 3 is 2.70 bits per heavy atom. The number of nitrogens with zero attached hydrogens (tertiary/aromatic N) is 2. The first kappa shape index (κ1) is 15.3. The highest BCUT2D eigenvalue weighted by Gasteiger charge is 2.41. The Balaban J connectivity index is 0.000000383. The summed E-state index contributed by atoms with van der Waals surface area (Å²) in [5.41, 5.74) is 5.34. The van der Waals surface area contributed by atoms with Crippen LogP contribution in [0.5, 0.6) is 0 Å². The van der Waals surface area contributed by atoms with Gasteiger partial charge < -0.3 is 11.1 Å². The summed E-state index contributed by atoms with van der Waals surface area (Å²) < 4.78 is 6.60. The monoisotopic (exact) mass is 286 g/mol. The Hall–Kier alpha value is -1.14. The first-order valence-corrected chi connectivity index (χ1v) is 7.40. The van der Waals surface area contributed by atoms with Crippen molar-refractivity contribution in [3.05, 3.63) is 0 Å². The van der Waals surface area contributed by atoms with E-state index in [1.807, 2.05) is 5.01 Å². The van der Waals surface area contributed by atoms with Crippen LogP contribution in [0.1, 0.15) is 47.3 Å². The van der Waals surface area contributed by atoms with E-state index in [0.29, 0.717) is 13.3 Å². The molecule has 2 rings (SSSR count). The van der Waals surface area contributed by atoms with Gasteiger partial charge in [-0.05, 0) is 26.3 Å². The highest BCUT2D eigenvalue weighted by atomic mass is 16.2. The first-order valence-electron chi connectivity index (χ1n) is 8.11. The summed E-state index contributed by atoms with van der Waals surface area (Å²) in [6.07, 6.45) is 4.59. The van der Waals surface area contributed by atoms with E-state index in [1.165, 1.54) is 0 Å². The molecule has 2 saturated heterocycles. The second-order valence-electron chi connectivity index (χ2n) is 5.18. The van der Waals surface area contributed by atoms with Crippen molar-refractivity contribution in [1.82, 2.24) is 15.3 Å². The third kappa shape index (κ3) is 3.93. The summed E-state index contributed by atoms with van der Waals surface area (Å²) in [7, 11) is 1.77. The molecule has 0 aromatic rings. The maximum Gasteiger partial charge on any atom is 0.254 e. The van der Waals surface area contributed by atoms with Gasteiger partial charge in [-0.2, -0.15) is 0 Å². The zero-order valence-electron chi connectivity index (χ0n) is 13.6. The van der Waals surface area contributed by atoms with Crippen LogP contribution in [-0.2, 0) is 9.59 Å². The number of rotatable bonds is 3. The maximum absolute atomic E-state index is 12.1. The fourth-order valence-electron chi connectivity index (χ4n) is 2.50. The van der Waals surface area contributed by atoms with Gasteiger partial charge in [-0.15, -0.1) is 0 Å². The van der Waals surface area contributed by atoms with Gasteiger partial charge in [0.2, 0.25) is 5.91 Å². The molecule has 0 saturated carbocycles. The predicted octanol–water partition coefficient (Wildman–Crippen LogP) is 0.478. The summed E-state index contributed by atoms with van der Waals surface area (Å²) in [4.78, 5) is 23.5. The molecular weight excluding hydrogens is 256 g/mol. The van der Waals surface area contributed by atoms with Gasteiger partial charge in [0.05, 0.1) is 6.04 Å². The number of hydrogen-bond acceptors (Lipinski definition) is 4. The Morgan fingerprint density at radius 1 is 1.45 bits per heavy atom. The topological polar surface area (TPSA) is 78.7 Å². The van der Waals surface area contributed by atoms with Gasteiger partial charge in [-0.1, -0.05) is 26.7 Å². The lowest BCUT2D eigenvalue weighted by molar-refractivity contribution is -0.176. The van der Waals surface area contributed by atoms with Gasteiger partial charge in [0.15, 0.2) is 0 Å². The lowest BCUT2D eigenvalue weighted by Crippen LogP contribution is -2.66. The average molecular weight is 286 g/mol. The van der Waals surface area contributed by atoms with E-state index in [-0.39, 0.29) is 11.9 Å². The molecule has 6 heteroatoms. The summed E-state index contributed by atoms with van der Waals surface area (Å²) in [6.45, 7) is 4.33. The molecule has 2 unspecified atom stereocenters. The Kier molecular flexibility index (Phi) is 6.26. The van der Waals surface area contributed by atoms with E-state index in [9.17, 15) is 9.59 Å². The van der Waals surface area contributed by atoms with Crippen molar-refractivity contribution < 1.29 is 11.0 Å². The van der Waals surface area contributed by atoms with Crippen molar-refractivity contribution >= 4 is 11.8 Å². The lowest BCUT2D eigenvalue weighted by atomic mass is 10.0. The molecule has 0 bridgehead atoms. The normalized spacial score (nSPS) is 27.2. The van der Waals surface area contributed by atoms with Gasteiger partial charge in [-0.25, -0.2) is 5.01 Å². The Labute approximate surface area is 123 Å². The van der Waals surface area contributed by atoms with Crippen LogP contribution in [0.2, 0.25) is 0 Å². The van der Waals surface area contributed by atoms with Crippen molar-refractivity contribution in [3.63, 3.8) is 0 Å². The summed E-state index contributed by atoms with van der Waals surface area (Å²) in [5.74, 6) is -0.438. The first-order chi connectivity index (χ1) is 10.1. The summed E-state index contributed by atoms with van der Waals surface area (Å²) in [5, 5.41) is 6.50. The van der Waals surface area contributed by atoms with Gasteiger partial charge in [0.25, 0.3) is 5.91 Å². The van der Waals surface area contributed by atoms with Gasteiger partial charge in [0, 0.05) is 14.5 Å². The molecule has 2 heterocycles. The van der Waals surface area contributed by atoms with Crippen LogP contribution in [0.4, 0.5) is 0 Å². The van der Waals surface area contributed by atoms with Crippen LogP contribution in [0, 0.1) is 0 Å². The minimum atomic E-state index is -0.461. The Bertz CT molecular complexity index is 352. The number of amides is 2. The predicted molar refractivity (Wildman–Crippen MR) is 78.7 cm³/mol. The molecule has 0 radical (unpaired) electrons. The number of primary amides is 1. The number of fused-ring (bicyclic) bond motifs is 1. The highest BCUT2D eigenvalue weighted by molar-refractivity contribution is 5.89. The molecule has 2 atom stereocenters. The molecule has 0 aromatic heterocycles. The van der Waals surface area contributed by atoms with Gasteiger partial charge in [0.1, 0.15) is 6.04 Å². The molecule has 2 fully saturated rings. The smallest absolute Gasteiger partial charge is 0.254 e. The number of unbranched alkanes of at least 4 members (excludes halogenated alkanes) is 1. The second kappa shape index (κ2) is 8.21. The molecular formula is C14H28N4O2. The van der Waals surface area contributed by atoms with Crippen LogP contribution in [-0.4, -0.2) is 54.1 Å². The molecule has 0 spiro atoms. The van der Waals surface area contributed by atoms with Crippen LogP contribution in [0.3, 0.4) is 0 Å². The quantitative estimate of drug-likeness (QED) is 0.791. The fraction of sp³-hybridized carbons (Fsp3) is 0.857. The van der Waals surface area contributed by atoms with Crippen molar-refractivity contribution in [3.8, 4) is 0 Å². The summed E-state index contributed by atoms with van der Waals surface area (Å²) >= 11 is 0. The molecule has 0 aromatic carbocycles. The van der Waals surface area contributed by atoms with Crippen molar-refractivity contribution in [1.29, 1.82) is 0 Å². The largest absolute Gasteiger partial charge is 0.368 e. The number of hydrogen-bond donors (Lipinski definition) is 2. The van der Waals surface area contributed by atoms with Gasteiger partial charge in [-0.3, -0.25) is 14.6 Å². The lowest BCUT2D eigenvalue weighted by Gasteiger charge is -2.47. The van der Waals surface area contributed by atoms with Crippen molar-refractivity contribution in [2.24, 2.45) is 5.73 Å². The molecule has 6 nitrogen and oxygen atoms in total. The number of nitrogens with one attached hydrogen (secondary N) is 1. The van der Waals surface area contributed by atoms with Crippen molar-refractivity contribution in [2.45, 2.75) is 58.0 Å². The summed E-state index contributed by atoms with van der Waals surface area (Å²) in [6, 6.07) is -0.645. The number of hydrazine groups is 1. The molecule has 0 aliphatic carbocycles. The Morgan fingerprint density at radius 2 is 2.20 bits per heavy atom. The molecule has 20 heavy (non-hydrogen) atoms. The van der Waals surface area contributed by atoms with E-state index < -0.39 is 11.9 Å². The van der Waals surface area contributed by atoms with Crippen LogP contribution in [0.25, 0.3) is 0 Å². The number of likely N-dealkylation sites (N-methyl/N-ethyl adjacent to an activating group) is 1. The van der Waals surface area contributed by atoms with Crippen LogP contribution in [0.15, 0.2) is 0 Å². The fourth-order valence-corrected chi connectivity index (χ4v) is 2.50. The van der Waals surface area contributed by atoms with E-state index in [2.05, 4.69) is 12.2 Å². The number of carbonyl (C=O) groups excluding carboxylic acids is 2. The molecule has 2 aliphatic rings. The molecule has 2 amide bonds. The number of nitrogens with two attached hydrogens (primary N) is 1. The third-order valence-corrected chi connectivity index (χ3v) is 3.72. The van der Waals surface area contributed by atoms with Gasteiger partial charge >= 0.3 is 0 Å². The van der Waals surface area contributed by atoms with Crippen LogP contribution >= 0.6 is 0 Å². The average Bonchev–Trinajstić information content (AvgIpc) is 2.48. The SMILES string of the molecule is CNC1CCN2CCCC(C(N)=O)N2C1=O.[3H]CCCC. The maximum atomic E-state index is 12.1. The number of carbonyl (C=O) groups is 2. The molecule has 3 N–H and O–H groups in total. The highest BCUT2D eigenvalue weighted by Crippen LogP contribution is 2.23. The van der Waals surface area contributed by atoms with E-state index in [0.717, 1.165) is 38.8 Å². The zero-order chi connectivity index (χ0) is 15.8. The third-order valence-electron chi connectivity index (χ3n) is 3.72. The molecule has 116 valence electrons.